The summed E-state index contributed by atoms with van der Waals surface area (Å²) in [6, 6.07) is 8.34. The van der Waals surface area contributed by atoms with Crippen molar-refractivity contribution >= 4 is 11.7 Å². The van der Waals surface area contributed by atoms with E-state index in [-0.39, 0.29) is 6.04 Å². The average Bonchev–Trinajstić information content (AvgIpc) is 2.59. The lowest BCUT2D eigenvalue weighted by Crippen LogP contribution is -2.15. The average molecular weight is 375 g/mol. The van der Waals surface area contributed by atoms with Crippen LogP contribution in [0.15, 0.2) is 34.3 Å². The summed E-state index contributed by atoms with van der Waals surface area (Å²) in [5.41, 5.74) is 12.8. The molecule has 0 heterocycles. The Labute approximate surface area is 165 Å². The number of aliphatic imine (C=N–C) groups is 2. The van der Waals surface area contributed by atoms with Gasteiger partial charge in [-0.15, -0.1) is 0 Å². The van der Waals surface area contributed by atoms with E-state index >= 15 is 0 Å². The van der Waals surface area contributed by atoms with Crippen LogP contribution < -0.4 is 16.2 Å². The highest BCUT2D eigenvalue weighted by Gasteiger charge is 2.01. The molecule has 0 atom stereocenters. The molecule has 1 aromatic rings. The fourth-order valence-corrected chi connectivity index (χ4v) is 2.78. The molecule has 0 aromatic heterocycles. The van der Waals surface area contributed by atoms with Crippen molar-refractivity contribution in [2.75, 3.05) is 6.61 Å². The lowest BCUT2D eigenvalue weighted by molar-refractivity contribution is 0.304. The topological polar surface area (TPSA) is 86.0 Å². The van der Waals surface area contributed by atoms with Crippen LogP contribution in [0.2, 0.25) is 0 Å². The van der Waals surface area contributed by atoms with Crippen molar-refractivity contribution in [2.45, 2.75) is 84.7 Å². The minimum absolute atomic E-state index is 0.200. The third kappa shape index (κ3) is 11.3. The molecule has 0 aliphatic carbocycles. The molecule has 0 radical (unpaired) electrons. The Balaban J connectivity index is 2.10. The zero-order valence-corrected chi connectivity index (χ0v) is 17.6. The summed E-state index contributed by atoms with van der Waals surface area (Å²) >= 11 is 0. The maximum Gasteiger partial charge on any atom is 0.125 e. The van der Waals surface area contributed by atoms with E-state index in [2.05, 4.69) is 23.8 Å². The van der Waals surface area contributed by atoms with Crippen molar-refractivity contribution < 1.29 is 4.74 Å². The molecule has 152 valence electrons. The van der Waals surface area contributed by atoms with Crippen LogP contribution in [0.3, 0.4) is 0 Å². The van der Waals surface area contributed by atoms with Crippen LogP contribution in [0, 0.1) is 0 Å². The summed E-state index contributed by atoms with van der Waals surface area (Å²) < 4.78 is 5.80. The van der Waals surface area contributed by atoms with Crippen LogP contribution in [0.4, 0.5) is 0 Å². The van der Waals surface area contributed by atoms with Crippen LogP contribution in [0.5, 0.6) is 5.75 Å². The normalized spacial score (nSPS) is 12.8. The van der Waals surface area contributed by atoms with Gasteiger partial charge in [0.25, 0.3) is 0 Å². The Morgan fingerprint density at radius 2 is 1.37 bits per heavy atom. The summed E-state index contributed by atoms with van der Waals surface area (Å²) in [6.45, 7) is 8.89. The highest BCUT2D eigenvalue weighted by atomic mass is 16.5. The van der Waals surface area contributed by atoms with Gasteiger partial charge in [-0.1, -0.05) is 25.7 Å². The van der Waals surface area contributed by atoms with Crippen molar-refractivity contribution in [1.29, 1.82) is 0 Å². The molecule has 5 nitrogen and oxygen atoms in total. The van der Waals surface area contributed by atoms with Gasteiger partial charge in [-0.25, -0.2) is 0 Å². The number of ether oxygens (including phenoxy) is 1. The van der Waals surface area contributed by atoms with Gasteiger partial charge in [0.1, 0.15) is 11.6 Å². The number of nitrogens with two attached hydrogens (primary N) is 2. The van der Waals surface area contributed by atoms with Crippen LogP contribution in [-0.4, -0.2) is 30.4 Å². The van der Waals surface area contributed by atoms with E-state index in [4.69, 9.17) is 16.2 Å². The second-order valence-corrected chi connectivity index (χ2v) is 7.57. The van der Waals surface area contributed by atoms with Crippen LogP contribution in [0.1, 0.15) is 78.2 Å². The summed E-state index contributed by atoms with van der Waals surface area (Å²) in [4.78, 5) is 8.71. The minimum atomic E-state index is 0.200. The second kappa shape index (κ2) is 13.2. The van der Waals surface area contributed by atoms with Crippen molar-refractivity contribution in [2.24, 2.45) is 21.5 Å². The molecule has 1 rings (SSSR count). The highest BCUT2D eigenvalue weighted by Crippen LogP contribution is 2.14. The number of amidine groups is 2. The van der Waals surface area contributed by atoms with E-state index in [9.17, 15) is 0 Å². The van der Waals surface area contributed by atoms with E-state index in [1.807, 2.05) is 38.1 Å². The third-order valence-corrected chi connectivity index (χ3v) is 4.07. The van der Waals surface area contributed by atoms with E-state index in [1.165, 1.54) is 25.7 Å². The fourth-order valence-electron chi connectivity index (χ4n) is 2.78. The van der Waals surface area contributed by atoms with E-state index in [1.54, 1.807) is 0 Å². The van der Waals surface area contributed by atoms with Crippen molar-refractivity contribution in [1.82, 2.24) is 0 Å². The third-order valence-electron chi connectivity index (χ3n) is 4.07. The molecular formula is C22H38N4O. The standard InChI is InChI=1S/C22H38N4O/c1-17(2)25-21(23)11-9-7-5-6-8-10-16-27-20-14-12-19(13-15-20)22(24)26-18(3)4/h12-15,17-18H,5-11,16H2,1-4H3,(H2,23,25)(H2,24,26). The molecule has 0 aliphatic heterocycles. The zero-order chi connectivity index (χ0) is 20.1. The molecule has 0 unspecified atom stereocenters. The van der Waals surface area contributed by atoms with Crippen LogP contribution in [0.25, 0.3) is 0 Å². The van der Waals surface area contributed by atoms with Crippen molar-refractivity contribution in [3.05, 3.63) is 29.8 Å². The maximum absolute atomic E-state index is 5.97. The first-order valence-corrected chi connectivity index (χ1v) is 10.3. The van der Waals surface area contributed by atoms with E-state index in [0.29, 0.717) is 11.9 Å². The summed E-state index contributed by atoms with van der Waals surface area (Å²) in [5, 5.41) is 0. The second-order valence-electron chi connectivity index (χ2n) is 7.57. The first-order valence-electron chi connectivity index (χ1n) is 10.3. The van der Waals surface area contributed by atoms with Gasteiger partial charge in [0.2, 0.25) is 0 Å². The van der Waals surface area contributed by atoms with E-state index in [0.717, 1.165) is 43.0 Å². The first kappa shape index (κ1) is 23.0. The number of hydrogen-bond acceptors (Lipinski definition) is 3. The van der Waals surface area contributed by atoms with Gasteiger partial charge in [0.05, 0.1) is 12.4 Å². The van der Waals surface area contributed by atoms with Gasteiger partial charge in [-0.3, -0.25) is 9.98 Å². The largest absolute Gasteiger partial charge is 0.494 e. The van der Waals surface area contributed by atoms with Crippen molar-refractivity contribution in [3.63, 3.8) is 0 Å². The van der Waals surface area contributed by atoms with Gasteiger partial charge in [-0.2, -0.15) is 0 Å². The van der Waals surface area contributed by atoms with Crippen molar-refractivity contribution in [3.8, 4) is 5.75 Å². The van der Waals surface area contributed by atoms with Gasteiger partial charge >= 0.3 is 0 Å². The Kier molecular flexibility index (Phi) is 11.2. The molecule has 0 saturated heterocycles. The number of unbranched alkanes of at least 4 members (excludes halogenated alkanes) is 5. The lowest BCUT2D eigenvalue weighted by atomic mass is 10.1. The molecular weight excluding hydrogens is 336 g/mol. The molecule has 4 N–H and O–H groups in total. The molecule has 1 aromatic carbocycles. The molecule has 0 saturated carbocycles. The monoisotopic (exact) mass is 374 g/mol. The number of nitrogens with zero attached hydrogens (tertiary/aromatic N) is 2. The predicted octanol–water partition coefficient (Wildman–Crippen LogP) is 4.68. The van der Waals surface area contributed by atoms with Gasteiger partial charge < -0.3 is 16.2 Å². The van der Waals surface area contributed by atoms with Gasteiger partial charge in [-0.05, 0) is 64.8 Å². The Morgan fingerprint density at radius 3 is 1.96 bits per heavy atom. The molecule has 0 amide bonds. The smallest absolute Gasteiger partial charge is 0.125 e. The molecule has 0 spiro atoms. The summed E-state index contributed by atoms with van der Waals surface area (Å²) in [5.74, 6) is 2.26. The maximum atomic E-state index is 5.97. The number of rotatable bonds is 13. The van der Waals surface area contributed by atoms with Crippen LogP contribution in [-0.2, 0) is 0 Å². The van der Waals surface area contributed by atoms with Crippen LogP contribution >= 0.6 is 0 Å². The number of benzene rings is 1. The Bertz CT molecular complexity index is 576. The summed E-state index contributed by atoms with van der Waals surface area (Å²) in [6.07, 6.45) is 8.04. The Morgan fingerprint density at radius 1 is 0.815 bits per heavy atom. The zero-order valence-electron chi connectivity index (χ0n) is 17.6. The molecule has 27 heavy (non-hydrogen) atoms. The first-order chi connectivity index (χ1) is 12.9. The molecule has 0 bridgehead atoms. The molecule has 0 fully saturated rings. The summed E-state index contributed by atoms with van der Waals surface area (Å²) in [7, 11) is 0. The SMILES string of the molecule is CC(C)N=C(N)CCCCCCCCOc1ccc(C(N)=NC(C)C)cc1. The molecule has 0 aliphatic rings. The van der Waals surface area contributed by atoms with Gasteiger partial charge in [0, 0.05) is 24.1 Å². The minimum Gasteiger partial charge on any atom is -0.494 e. The van der Waals surface area contributed by atoms with E-state index < -0.39 is 0 Å². The Hall–Kier alpha value is -2.04. The van der Waals surface area contributed by atoms with Gasteiger partial charge in [0.15, 0.2) is 0 Å². The lowest BCUT2D eigenvalue weighted by Gasteiger charge is -2.08. The predicted molar refractivity (Wildman–Crippen MR) is 117 cm³/mol. The fraction of sp³-hybridized carbons (Fsp3) is 0.636. The quantitative estimate of drug-likeness (QED) is 0.299. The molecule has 5 heteroatoms. The number of hydrogen-bond donors (Lipinski definition) is 2. The highest BCUT2D eigenvalue weighted by molar-refractivity contribution is 5.97.